The van der Waals surface area contributed by atoms with Crippen molar-refractivity contribution in [2.45, 2.75) is 52.1 Å². The number of nitrogens with zero attached hydrogens (tertiary/aromatic N) is 5. The molecule has 2 unspecified atom stereocenters. The predicted octanol–water partition coefficient (Wildman–Crippen LogP) is 4.09. The van der Waals surface area contributed by atoms with Crippen LogP contribution in [0.15, 0.2) is 55.0 Å². The van der Waals surface area contributed by atoms with Gasteiger partial charge >= 0.3 is 0 Å². The Hall–Kier alpha value is -3.68. The number of nitrogens with two attached hydrogens (primary N) is 1. The van der Waals surface area contributed by atoms with Gasteiger partial charge in [-0.3, -0.25) is 9.48 Å². The zero-order chi connectivity index (χ0) is 23.2. The van der Waals surface area contributed by atoms with Crippen LogP contribution in [0.3, 0.4) is 0 Å². The Morgan fingerprint density at radius 2 is 1.97 bits per heavy atom. The number of benzene rings is 1. The molecule has 2 atom stereocenters. The van der Waals surface area contributed by atoms with Crippen LogP contribution >= 0.6 is 0 Å². The second kappa shape index (κ2) is 8.03. The molecule has 1 aliphatic rings. The molecule has 1 saturated carbocycles. The molecule has 8 nitrogen and oxygen atoms in total. The second-order valence-electron chi connectivity index (χ2n) is 9.34. The third-order valence-corrected chi connectivity index (χ3v) is 6.70. The van der Waals surface area contributed by atoms with E-state index in [9.17, 15) is 4.79 Å². The molecule has 1 aliphatic carbocycles. The first-order chi connectivity index (χ1) is 15.9. The van der Waals surface area contributed by atoms with Crippen LogP contribution in [-0.4, -0.2) is 36.3 Å². The molecule has 1 amide bonds. The van der Waals surface area contributed by atoms with Crippen molar-refractivity contribution in [1.82, 2.24) is 29.7 Å². The molecule has 1 aromatic carbocycles. The standard InChI is InChI=1S/C25H29N7O/c1-4-16(2)28-23(33)20-12-18(14-32-22(20)29-24(26)30-32)19-13-27-31(15-19)21(25(3)10-11-25)17-8-6-5-7-9-17/h5-9,12-16,21H,4,10-11H2,1-3H3,(H2,26,30)(H,28,33). The maximum absolute atomic E-state index is 13.0. The summed E-state index contributed by atoms with van der Waals surface area (Å²) >= 11 is 0. The Balaban J connectivity index is 1.56. The van der Waals surface area contributed by atoms with Crippen molar-refractivity contribution in [3.05, 3.63) is 66.1 Å². The summed E-state index contributed by atoms with van der Waals surface area (Å²) in [7, 11) is 0. The molecule has 8 heteroatoms. The van der Waals surface area contributed by atoms with Gasteiger partial charge in [-0.15, -0.1) is 5.10 Å². The predicted molar refractivity (Wildman–Crippen MR) is 128 cm³/mol. The molecular weight excluding hydrogens is 414 g/mol. The number of fused-ring (bicyclic) bond motifs is 1. The Labute approximate surface area is 192 Å². The van der Waals surface area contributed by atoms with E-state index in [-0.39, 0.29) is 29.4 Å². The monoisotopic (exact) mass is 443 g/mol. The minimum absolute atomic E-state index is 0.0511. The van der Waals surface area contributed by atoms with E-state index in [4.69, 9.17) is 10.8 Å². The Bertz CT molecular complexity index is 1300. The van der Waals surface area contributed by atoms with Crippen molar-refractivity contribution in [3.63, 3.8) is 0 Å². The lowest BCUT2D eigenvalue weighted by Gasteiger charge is -2.24. The molecule has 0 radical (unpaired) electrons. The number of nitrogens with one attached hydrogen (secondary N) is 1. The van der Waals surface area contributed by atoms with Crippen LogP contribution in [0.2, 0.25) is 0 Å². The van der Waals surface area contributed by atoms with Gasteiger partial charge in [-0.05, 0) is 43.2 Å². The third kappa shape index (κ3) is 3.97. The topological polar surface area (TPSA) is 103 Å². The molecule has 0 bridgehead atoms. The fraction of sp³-hybridized carbons (Fsp3) is 0.360. The van der Waals surface area contributed by atoms with E-state index in [1.807, 2.05) is 38.4 Å². The smallest absolute Gasteiger partial charge is 0.255 e. The zero-order valence-electron chi connectivity index (χ0n) is 19.2. The van der Waals surface area contributed by atoms with Crippen LogP contribution in [0.25, 0.3) is 16.8 Å². The number of rotatable bonds is 7. The van der Waals surface area contributed by atoms with Gasteiger partial charge < -0.3 is 11.1 Å². The number of amides is 1. The molecule has 5 rings (SSSR count). The largest absolute Gasteiger partial charge is 0.366 e. The zero-order valence-corrected chi connectivity index (χ0v) is 19.2. The summed E-state index contributed by atoms with van der Waals surface area (Å²) in [5, 5.41) is 12.0. The molecule has 3 heterocycles. The molecule has 0 spiro atoms. The van der Waals surface area contributed by atoms with Gasteiger partial charge in [0.2, 0.25) is 5.95 Å². The number of carbonyl (C=O) groups excluding carboxylic acids is 1. The molecular formula is C25H29N7O. The van der Waals surface area contributed by atoms with Crippen molar-refractivity contribution < 1.29 is 4.79 Å². The number of hydrogen-bond acceptors (Lipinski definition) is 5. The Morgan fingerprint density at radius 1 is 1.21 bits per heavy atom. The highest BCUT2D eigenvalue weighted by molar-refractivity contribution is 6.01. The third-order valence-electron chi connectivity index (χ3n) is 6.70. The summed E-state index contributed by atoms with van der Waals surface area (Å²) in [6.07, 6.45) is 8.93. The molecule has 3 N–H and O–H groups in total. The van der Waals surface area contributed by atoms with Crippen molar-refractivity contribution in [3.8, 4) is 11.1 Å². The summed E-state index contributed by atoms with van der Waals surface area (Å²) in [6, 6.07) is 12.6. The van der Waals surface area contributed by atoms with E-state index >= 15 is 0 Å². The summed E-state index contributed by atoms with van der Waals surface area (Å²) in [4.78, 5) is 17.3. The second-order valence-corrected chi connectivity index (χ2v) is 9.34. The minimum Gasteiger partial charge on any atom is -0.366 e. The first-order valence-electron chi connectivity index (χ1n) is 11.4. The highest BCUT2D eigenvalue weighted by Gasteiger charge is 2.47. The lowest BCUT2D eigenvalue weighted by atomic mass is 9.92. The molecule has 1 fully saturated rings. The first kappa shape index (κ1) is 21.2. The van der Waals surface area contributed by atoms with Crippen LogP contribution < -0.4 is 11.1 Å². The summed E-state index contributed by atoms with van der Waals surface area (Å²) in [6.45, 7) is 6.32. The normalized spacial score (nSPS) is 16.5. The first-order valence-corrected chi connectivity index (χ1v) is 11.4. The fourth-order valence-corrected chi connectivity index (χ4v) is 4.34. The molecule has 33 heavy (non-hydrogen) atoms. The molecule has 0 saturated heterocycles. The molecule has 0 aliphatic heterocycles. The van der Waals surface area contributed by atoms with Crippen molar-refractivity contribution in [2.24, 2.45) is 5.41 Å². The van der Waals surface area contributed by atoms with Gasteiger partial charge in [0.25, 0.3) is 5.91 Å². The van der Waals surface area contributed by atoms with Crippen LogP contribution in [0.1, 0.15) is 62.0 Å². The molecule has 3 aromatic heterocycles. The number of aromatic nitrogens is 5. The Kier molecular flexibility index (Phi) is 5.15. The SMILES string of the molecule is CCC(C)NC(=O)c1cc(-c2cnn(C(c3ccccc3)C3(C)CC3)c2)cn2nc(N)nc12. The fourth-order valence-electron chi connectivity index (χ4n) is 4.34. The number of carbonyl (C=O) groups is 1. The summed E-state index contributed by atoms with van der Waals surface area (Å²) in [5.41, 5.74) is 9.92. The number of pyridine rings is 1. The van der Waals surface area contributed by atoms with Gasteiger partial charge in [0.05, 0.1) is 17.8 Å². The number of nitrogen functional groups attached to an aromatic ring is 1. The number of hydrogen-bond donors (Lipinski definition) is 2. The highest BCUT2D eigenvalue weighted by Crippen LogP contribution is 2.56. The highest BCUT2D eigenvalue weighted by atomic mass is 16.1. The van der Waals surface area contributed by atoms with Crippen LogP contribution in [0, 0.1) is 5.41 Å². The lowest BCUT2D eigenvalue weighted by Crippen LogP contribution is -2.32. The van der Waals surface area contributed by atoms with E-state index in [0.717, 1.165) is 17.5 Å². The Morgan fingerprint density at radius 3 is 2.67 bits per heavy atom. The maximum atomic E-state index is 13.0. The molecule has 170 valence electrons. The van der Waals surface area contributed by atoms with Crippen molar-refractivity contribution in [1.29, 1.82) is 0 Å². The van der Waals surface area contributed by atoms with E-state index in [1.54, 1.807) is 4.52 Å². The van der Waals surface area contributed by atoms with Crippen molar-refractivity contribution >= 4 is 17.5 Å². The minimum atomic E-state index is -0.191. The van der Waals surface area contributed by atoms with Crippen LogP contribution in [0.4, 0.5) is 5.95 Å². The average molecular weight is 444 g/mol. The van der Waals surface area contributed by atoms with E-state index < -0.39 is 0 Å². The van der Waals surface area contributed by atoms with Crippen LogP contribution in [0.5, 0.6) is 0 Å². The average Bonchev–Trinajstić information content (AvgIpc) is 3.19. The van der Waals surface area contributed by atoms with Gasteiger partial charge in [-0.1, -0.05) is 44.2 Å². The van der Waals surface area contributed by atoms with E-state index in [2.05, 4.69) is 57.5 Å². The summed E-state index contributed by atoms with van der Waals surface area (Å²) in [5.74, 6) is -0.0603. The molecule has 4 aromatic rings. The van der Waals surface area contributed by atoms with E-state index in [1.165, 1.54) is 18.4 Å². The quantitative estimate of drug-likeness (QED) is 0.448. The maximum Gasteiger partial charge on any atom is 0.255 e. The van der Waals surface area contributed by atoms with E-state index in [0.29, 0.717) is 11.2 Å². The van der Waals surface area contributed by atoms with Gasteiger partial charge in [0.15, 0.2) is 5.65 Å². The van der Waals surface area contributed by atoms with Gasteiger partial charge in [0, 0.05) is 29.6 Å². The number of anilines is 1. The summed E-state index contributed by atoms with van der Waals surface area (Å²) < 4.78 is 3.63. The van der Waals surface area contributed by atoms with Gasteiger partial charge in [0.1, 0.15) is 0 Å². The van der Waals surface area contributed by atoms with Gasteiger partial charge in [-0.25, -0.2) is 4.52 Å². The van der Waals surface area contributed by atoms with Crippen molar-refractivity contribution in [2.75, 3.05) is 5.73 Å². The van der Waals surface area contributed by atoms with Gasteiger partial charge in [-0.2, -0.15) is 10.1 Å². The van der Waals surface area contributed by atoms with Crippen LogP contribution in [-0.2, 0) is 0 Å². The lowest BCUT2D eigenvalue weighted by molar-refractivity contribution is 0.0940.